The average molecular weight is 285 g/mol. The molecule has 1 fully saturated rings. The summed E-state index contributed by atoms with van der Waals surface area (Å²) in [6.45, 7) is 5.69. The van der Waals surface area contributed by atoms with Crippen molar-refractivity contribution in [2.45, 2.75) is 20.3 Å². The first-order valence-corrected chi connectivity index (χ1v) is 7.21. The number of nitrogens with zero attached hydrogens (tertiary/aromatic N) is 3. The Balaban J connectivity index is 2.16. The van der Waals surface area contributed by atoms with Crippen LogP contribution in [0.4, 0.5) is 5.82 Å². The topological polar surface area (TPSA) is 58.4 Å². The third-order valence-corrected chi connectivity index (χ3v) is 3.97. The molecule has 2 heterocycles. The quantitative estimate of drug-likeness (QED) is 0.942. The van der Waals surface area contributed by atoms with Gasteiger partial charge in [0.25, 0.3) is 0 Å². The molecule has 110 valence electrons. The van der Waals surface area contributed by atoms with E-state index in [9.17, 15) is 9.90 Å². The maximum Gasteiger partial charge on any atom is 0.341 e. The molecule has 0 saturated carbocycles. The molecule has 1 atom stereocenters. The van der Waals surface area contributed by atoms with Crippen molar-refractivity contribution in [2.24, 2.45) is 5.92 Å². The standard InChI is InChI=1S/C16H19N3O2/c1-11-8-9-18(10-11)15-14(16(20)21)12(2)17-19(15)13-6-4-3-5-7-13/h3-7,11H,8-10H2,1-2H3,(H,20,21). The average Bonchev–Trinajstić information content (AvgIpc) is 3.03. The predicted molar refractivity (Wildman–Crippen MR) is 81.3 cm³/mol. The van der Waals surface area contributed by atoms with E-state index >= 15 is 0 Å². The number of rotatable bonds is 3. The molecule has 2 aromatic rings. The zero-order valence-corrected chi connectivity index (χ0v) is 12.3. The lowest BCUT2D eigenvalue weighted by atomic mass is 10.2. The number of carboxylic acids is 1. The van der Waals surface area contributed by atoms with Gasteiger partial charge in [-0.1, -0.05) is 25.1 Å². The summed E-state index contributed by atoms with van der Waals surface area (Å²) >= 11 is 0. The zero-order valence-electron chi connectivity index (χ0n) is 12.3. The summed E-state index contributed by atoms with van der Waals surface area (Å²) in [5.41, 5.74) is 1.76. The van der Waals surface area contributed by atoms with Crippen LogP contribution in [-0.2, 0) is 0 Å². The molecule has 1 unspecified atom stereocenters. The van der Waals surface area contributed by atoms with Crippen molar-refractivity contribution in [1.82, 2.24) is 9.78 Å². The van der Waals surface area contributed by atoms with E-state index in [1.165, 1.54) is 0 Å². The molecule has 5 nitrogen and oxygen atoms in total. The molecule has 3 rings (SSSR count). The molecule has 0 amide bonds. The first kappa shape index (κ1) is 13.7. The predicted octanol–water partition coefficient (Wildman–Crippen LogP) is 2.73. The molecule has 1 aromatic carbocycles. The van der Waals surface area contributed by atoms with E-state index in [1.807, 2.05) is 30.3 Å². The molecular formula is C16H19N3O2. The van der Waals surface area contributed by atoms with E-state index < -0.39 is 5.97 Å². The molecule has 0 spiro atoms. The lowest BCUT2D eigenvalue weighted by molar-refractivity contribution is 0.0697. The van der Waals surface area contributed by atoms with Gasteiger partial charge in [-0.15, -0.1) is 0 Å². The third kappa shape index (κ3) is 2.39. The summed E-state index contributed by atoms with van der Waals surface area (Å²) < 4.78 is 1.76. The van der Waals surface area contributed by atoms with Gasteiger partial charge >= 0.3 is 5.97 Å². The van der Waals surface area contributed by atoms with Gasteiger partial charge in [0.1, 0.15) is 11.4 Å². The van der Waals surface area contributed by atoms with Crippen molar-refractivity contribution in [3.63, 3.8) is 0 Å². The van der Waals surface area contributed by atoms with E-state index in [4.69, 9.17) is 0 Å². The molecule has 0 bridgehead atoms. The number of aromatic carboxylic acids is 1. The van der Waals surface area contributed by atoms with E-state index in [2.05, 4.69) is 16.9 Å². The Morgan fingerprint density at radius 2 is 2.05 bits per heavy atom. The van der Waals surface area contributed by atoms with Gasteiger partial charge in [0, 0.05) is 13.1 Å². The third-order valence-electron chi connectivity index (χ3n) is 3.97. The number of benzene rings is 1. The summed E-state index contributed by atoms with van der Waals surface area (Å²) in [5.74, 6) is 0.367. The summed E-state index contributed by atoms with van der Waals surface area (Å²) in [4.78, 5) is 13.8. The van der Waals surface area contributed by atoms with E-state index in [0.717, 1.165) is 25.2 Å². The lowest BCUT2D eigenvalue weighted by Crippen LogP contribution is -2.24. The number of aryl methyl sites for hydroxylation is 1. The smallest absolute Gasteiger partial charge is 0.341 e. The largest absolute Gasteiger partial charge is 0.477 e. The van der Waals surface area contributed by atoms with Gasteiger partial charge in [0.05, 0.1) is 11.4 Å². The first-order valence-electron chi connectivity index (χ1n) is 7.21. The van der Waals surface area contributed by atoms with Crippen molar-refractivity contribution in [3.05, 3.63) is 41.6 Å². The summed E-state index contributed by atoms with van der Waals surface area (Å²) in [6.07, 6.45) is 1.08. The van der Waals surface area contributed by atoms with Crippen molar-refractivity contribution < 1.29 is 9.90 Å². The normalized spacial score (nSPS) is 18.2. The Morgan fingerprint density at radius 1 is 1.33 bits per heavy atom. The van der Waals surface area contributed by atoms with Crippen LogP contribution >= 0.6 is 0 Å². The highest BCUT2D eigenvalue weighted by Gasteiger charge is 2.29. The SMILES string of the molecule is Cc1nn(-c2ccccc2)c(N2CCC(C)C2)c1C(=O)O. The minimum atomic E-state index is -0.913. The van der Waals surface area contributed by atoms with Gasteiger partial charge in [-0.25, -0.2) is 9.48 Å². The van der Waals surface area contributed by atoms with Gasteiger partial charge in [-0.05, 0) is 31.4 Å². The van der Waals surface area contributed by atoms with E-state index in [0.29, 0.717) is 23.0 Å². The summed E-state index contributed by atoms with van der Waals surface area (Å²) in [6, 6.07) is 9.70. The lowest BCUT2D eigenvalue weighted by Gasteiger charge is -2.20. The Morgan fingerprint density at radius 3 is 2.62 bits per heavy atom. The van der Waals surface area contributed by atoms with Gasteiger partial charge in [0.2, 0.25) is 0 Å². The number of para-hydroxylation sites is 1. The van der Waals surface area contributed by atoms with Crippen molar-refractivity contribution in [1.29, 1.82) is 0 Å². The van der Waals surface area contributed by atoms with Crippen LogP contribution in [0.15, 0.2) is 30.3 Å². The van der Waals surface area contributed by atoms with Crippen LogP contribution in [0.2, 0.25) is 0 Å². The van der Waals surface area contributed by atoms with Crippen LogP contribution < -0.4 is 4.90 Å². The Hall–Kier alpha value is -2.30. The van der Waals surface area contributed by atoms with Crippen LogP contribution in [-0.4, -0.2) is 33.9 Å². The highest BCUT2D eigenvalue weighted by molar-refractivity contribution is 5.95. The maximum absolute atomic E-state index is 11.6. The van der Waals surface area contributed by atoms with Crippen LogP contribution in [0.1, 0.15) is 29.4 Å². The summed E-state index contributed by atoms with van der Waals surface area (Å²) in [7, 11) is 0. The fourth-order valence-electron chi connectivity index (χ4n) is 2.93. The Bertz CT molecular complexity index is 664. The van der Waals surface area contributed by atoms with Crippen molar-refractivity contribution in [3.8, 4) is 5.69 Å². The van der Waals surface area contributed by atoms with Crippen LogP contribution in [0.5, 0.6) is 0 Å². The molecule has 5 heteroatoms. The number of carbonyl (C=O) groups is 1. The van der Waals surface area contributed by atoms with E-state index in [1.54, 1.807) is 11.6 Å². The minimum absolute atomic E-state index is 0.313. The fraction of sp³-hybridized carbons (Fsp3) is 0.375. The van der Waals surface area contributed by atoms with Crippen molar-refractivity contribution >= 4 is 11.8 Å². The number of hydrogen-bond donors (Lipinski definition) is 1. The minimum Gasteiger partial charge on any atom is -0.477 e. The number of aromatic nitrogens is 2. The number of carboxylic acid groups (broad SMARTS) is 1. The van der Waals surface area contributed by atoms with Crippen LogP contribution in [0.3, 0.4) is 0 Å². The second kappa shape index (κ2) is 5.24. The van der Waals surface area contributed by atoms with Gasteiger partial charge < -0.3 is 10.0 Å². The molecule has 1 aliphatic heterocycles. The van der Waals surface area contributed by atoms with Crippen LogP contribution in [0, 0.1) is 12.8 Å². The molecule has 1 aliphatic rings. The molecule has 1 N–H and O–H groups in total. The molecule has 21 heavy (non-hydrogen) atoms. The molecule has 1 aromatic heterocycles. The van der Waals surface area contributed by atoms with Gasteiger partial charge in [-0.2, -0.15) is 5.10 Å². The summed E-state index contributed by atoms with van der Waals surface area (Å²) in [5, 5.41) is 14.0. The van der Waals surface area contributed by atoms with Gasteiger partial charge in [-0.3, -0.25) is 0 Å². The van der Waals surface area contributed by atoms with Crippen LogP contribution in [0.25, 0.3) is 5.69 Å². The highest BCUT2D eigenvalue weighted by atomic mass is 16.4. The maximum atomic E-state index is 11.6. The highest BCUT2D eigenvalue weighted by Crippen LogP contribution is 2.31. The van der Waals surface area contributed by atoms with Crippen molar-refractivity contribution in [2.75, 3.05) is 18.0 Å². The number of anilines is 1. The molecule has 0 aliphatic carbocycles. The second-order valence-electron chi connectivity index (χ2n) is 5.68. The monoisotopic (exact) mass is 285 g/mol. The van der Waals surface area contributed by atoms with Gasteiger partial charge in [0.15, 0.2) is 0 Å². The Labute approximate surface area is 123 Å². The van der Waals surface area contributed by atoms with E-state index in [-0.39, 0.29) is 0 Å². The first-order chi connectivity index (χ1) is 10.1. The second-order valence-corrected chi connectivity index (χ2v) is 5.68. The zero-order chi connectivity index (χ0) is 15.0. The molecule has 0 radical (unpaired) electrons. The molecular weight excluding hydrogens is 266 g/mol. The Kier molecular flexibility index (Phi) is 3.41. The molecule has 1 saturated heterocycles. The fourth-order valence-corrected chi connectivity index (χ4v) is 2.93. The number of hydrogen-bond acceptors (Lipinski definition) is 3.